The molecule has 1 aromatic carbocycles. The van der Waals surface area contributed by atoms with Gasteiger partial charge in [-0.2, -0.15) is 10.4 Å². The smallest absolute Gasteiger partial charge is 0.413 e. The molecule has 1 unspecified atom stereocenters. The topological polar surface area (TPSA) is 177 Å². The second-order valence-electron chi connectivity index (χ2n) is 8.91. The number of fused-ring (bicyclic) bond motifs is 1. The van der Waals surface area contributed by atoms with E-state index in [9.17, 15) is 20.0 Å². The van der Waals surface area contributed by atoms with Crippen LogP contribution in [0.4, 0.5) is 5.82 Å². The molecule has 3 aromatic rings. The first-order valence-electron chi connectivity index (χ1n) is 11.7. The average Bonchev–Trinajstić information content (AvgIpc) is 3.60. The molecule has 0 bridgehead atoms. The van der Waals surface area contributed by atoms with Crippen molar-refractivity contribution < 1.29 is 28.6 Å². The minimum atomic E-state index is -3.89. The number of aliphatic hydroxyl groups is 2. The summed E-state index contributed by atoms with van der Waals surface area (Å²) in [5.74, 6) is 0.525. The molecule has 12 nitrogen and oxygen atoms in total. The molecule has 0 amide bonds. The van der Waals surface area contributed by atoms with Crippen molar-refractivity contribution in [2.75, 3.05) is 12.3 Å². The fourth-order valence-corrected chi connectivity index (χ4v) is 6.34. The highest BCUT2D eigenvalue weighted by molar-refractivity contribution is 7.52. The summed E-state index contributed by atoms with van der Waals surface area (Å²) in [5.41, 5.74) is 4.48. The molecule has 1 saturated heterocycles. The van der Waals surface area contributed by atoms with Crippen LogP contribution in [0.2, 0.25) is 0 Å². The number of nitrogens with one attached hydrogen (secondary N) is 1. The average molecular weight is 514 g/mol. The van der Waals surface area contributed by atoms with Crippen LogP contribution in [0.1, 0.15) is 31.4 Å². The zero-order valence-electron chi connectivity index (χ0n) is 19.3. The zero-order valence-corrected chi connectivity index (χ0v) is 20.2. The van der Waals surface area contributed by atoms with Gasteiger partial charge in [-0.3, -0.25) is 4.52 Å². The van der Waals surface area contributed by atoms with Crippen LogP contribution >= 0.6 is 7.75 Å². The van der Waals surface area contributed by atoms with E-state index in [0.717, 1.165) is 25.7 Å². The first-order chi connectivity index (χ1) is 17.3. The summed E-state index contributed by atoms with van der Waals surface area (Å²) in [6, 6.07) is 13.6. The molecule has 5 N–H and O–H groups in total. The van der Waals surface area contributed by atoms with Gasteiger partial charge in [-0.15, -0.1) is 0 Å². The lowest BCUT2D eigenvalue weighted by atomic mass is 9.92. The van der Waals surface area contributed by atoms with E-state index in [0.29, 0.717) is 11.3 Å². The Balaban J connectivity index is 1.38. The monoisotopic (exact) mass is 514 g/mol. The predicted molar refractivity (Wildman–Crippen MR) is 128 cm³/mol. The Morgan fingerprint density at radius 1 is 1.25 bits per heavy atom. The van der Waals surface area contributed by atoms with Gasteiger partial charge in [0, 0.05) is 6.04 Å². The van der Waals surface area contributed by atoms with Crippen LogP contribution in [-0.4, -0.2) is 55.8 Å². The number of nitriles is 1. The number of rotatable bonds is 8. The van der Waals surface area contributed by atoms with E-state index in [2.05, 4.69) is 15.2 Å². The van der Waals surface area contributed by atoms with Gasteiger partial charge in [0.2, 0.25) is 5.60 Å². The highest BCUT2D eigenvalue weighted by Gasteiger charge is 2.58. The number of aliphatic hydroxyl groups excluding tert-OH is 2. The normalized spacial score (nSPS) is 28.2. The fraction of sp³-hybridized carbons (Fsp3) is 0.435. The minimum absolute atomic E-state index is 0.0463. The van der Waals surface area contributed by atoms with Crippen molar-refractivity contribution in [3.8, 4) is 11.8 Å². The molecular formula is C23H27N6O6P. The van der Waals surface area contributed by atoms with Crippen LogP contribution in [0.3, 0.4) is 0 Å². The second kappa shape index (κ2) is 9.78. The third-order valence-electron chi connectivity index (χ3n) is 6.56. The molecule has 5 rings (SSSR count). The SMILES string of the molecule is N#C[C@@]1(c2ccc3c(N)ncnn23)O[C@H](COP(=O)(NC2CCCC2)Oc2ccccc2)[C@@H](O)[C@H]1O. The van der Waals surface area contributed by atoms with Crippen molar-refractivity contribution >= 4 is 19.1 Å². The van der Waals surface area contributed by atoms with Crippen molar-refractivity contribution in [1.82, 2.24) is 19.7 Å². The van der Waals surface area contributed by atoms with Crippen LogP contribution in [0, 0.1) is 11.3 Å². The van der Waals surface area contributed by atoms with E-state index >= 15 is 0 Å². The molecule has 1 aliphatic carbocycles. The molecule has 1 aliphatic heterocycles. The Bertz CT molecular complexity index is 1310. The number of anilines is 1. The van der Waals surface area contributed by atoms with E-state index < -0.39 is 38.3 Å². The molecule has 0 radical (unpaired) electrons. The highest BCUT2D eigenvalue weighted by atomic mass is 31.2. The maximum Gasteiger partial charge on any atom is 0.459 e. The standard InChI is InChI=1S/C23H27N6O6P/c24-13-23(19-11-10-17-22(25)26-14-27-29(17)19)21(31)20(30)18(34-23)12-33-36(32,28-15-6-4-5-7-15)35-16-8-2-1-3-9-16/h1-3,8-11,14-15,18,20-21,30-31H,4-7,12H2,(H,28,32)(H2,25,26,27)/t18-,20-,21-,23+,36?/m1/s1. The Morgan fingerprint density at radius 3 is 2.72 bits per heavy atom. The van der Waals surface area contributed by atoms with E-state index in [1.165, 1.54) is 16.9 Å². The quantitative estimate of drug-likeness (QED) is 0.323. The van der Waals surface area contributed by atoms with Gasteiger partial charge in [-0.1, -0.05) is 31.0 Å². The van der Waals surface area contributed by atoms with Gasteiger partial charge in [0.05, 0.1) is 12.3 Å². The van der Waals surface area contributed by atoms with Gasteiger partial charge in [0.25, 0.3) is 0 Å². The number of aromatic nitrogens is 3. The summed E-state index contributed by atoms with van der Waals surface area (Å²) in [7, 11) is -3.89. The summed E-state index contributed by atoms with van der Waals surface area (Å²) in [6.45, 7) is -0.411. The largest absolute Gasteiger partial charge is 0.459 e. The maximum atomic E-state index is 13.7. The summed E-state index contributed by atoms with van der Waals surface area (Å²) in [4.78, 5) is 3.92. The van der Waals surface area contributed by atoms with Crippen molar-refractivity contribution in [3.63, 3.8) is 0 Å². The molecule has 36 heavy (non-hydrogen) atoms. The Labute approximate surface area is 207 Å². The van der Waals surface area contributed by atoms with Crippen molar-refractivity contribution in [2.45, 2.75) is 55.6 Å². The summed E-state index contributed by atoms with van der Waals surface area (Å²) in [5, 5.41) is 38.9. The lowest BCUT2D eigenvalue weighted by molar-refractivity contribution is -0.0621. The van der Waals surface area contributed by atoms with Gasteiger partial charge in [-0.05, 0) is 37.1 Å². The number of para-hydroxylation sites is 1. The molecule has 190 valence electrons. The third-order valence-corrected chi connectivity index (χ3v) is 8.18. The number of ether oxygens (including phenoxy) is 1. The minimum Gasteiger partial charge on any atom is -0.413 e. The zero-order chi connectivity index (χ0) is 25.3. The van der Waals surface area contributed by atoms with Crippen molar-refractivity contribution in [1.29, 1.82) is 5.26 Å². The fourth-order valence-electron chi connectivity index (χ4n) is 4.71. The van der Waals surface area contributed by atoms with Crippen molar-refractivity contribution in [2.24, 2.45) is 0 Å². The van der Waals surface area contributed by atoms with Gasteiger partial charge >= 0.3 is 7.75 Å². The summed E-state index contributed by atoms with van der Waals surface area (Å²) < 4.78 is 32.4. The number of nitrogen functional groups attached to an aromatic ring is 1. The number of benzene rings is 1. The molecule has 2 aromatic heterocycles. The Morgan fingerprint density at radius 2 is 2.00 bits per heavy atom. The van der Waals surface area contributed by atoms with Gasteiger partial charge in [0.1, 0.15) is 42.0 Å². The lowest BCUT2D eigenvalue weighted by Crippen LogP contribution is -2.41. The van der Waals surface area contributed by atoms with Gasteiger partial charge in [0.15, 0.2) is 5.82 Å². The molecule has 1 saturated carbocycles. The molecule has 3 heterocycles. The molecule has 2 fully saturated rings. The third kappa shape index (κ3) is 4.46. The van der Waals surface area contributed by atoms with E-state index in [-0.39, 0.29) is 17.6 Å². The first kappa shape index (κ1) is 24.6. The number of nitrogens with zero attached hydrogens (tertiary/aromatic N) is 4. The first-order valence-corrected chi connectivity index (χ1v) is 13.2. The van der Waals surface area contributed by atoms with Crippen molar-refractivity contribution in [3.05, 3.63) is 54.5 Å². The highest BCUT2D eigenvalue weighted by Crippen LogP contribution is 2.48. The van der Waals surface area contributed by atoms with E-state index in [4.69, 9.17) is 19.5 Å². The van der Waals surface area contributed by atoms with Crippen LogP contribution in [0.15, 0.2) is 48.8 Å². The molecular weight excluding hydrogens is 487 g/mol. The van der Waals surface area contributed by atoms with Crippen LogP contribution in [0.5, 0.6) is 5.75 Å². The van der Waals surface area contributed by atoms with Crippen LogP contribution in [-0.2, 0) is 19.4 Å². The van der Waals surface area contributed by atoms with Gasteiger partial charge < -0.3 is 25.2 Å². The molecule has 2 aliphatic rings. The molecule has 5 atom stereocenters. The molecule has 0 spiro atoms. The predicted octanol–water partition coefficient (Wildman–Crippen LogP) is 1.89. The summed E-state index contributed by atoms with van der Waals surface area (Å²) >= 11 is 0. The van der Waals surface area contributed by atoms with Crippen LogP contribution in [0.25, 0.3) is 5.52 Å². The van der Waals surface area contributed by atoms with E-state index in [1.807, 2.05) is 6.07 Å². The van der Waals surface area contributed by atoms with Crippen LogP contribution < -0.4 is 15.3 Å². The number of hydrogen-bond acceptors (Lipinski definition) is 10. The number of nitrogens with two attached hydrogens (primary N) is 1. The Hall–Kier alpha value is -3.04. The molecule has 13 heteroatoms. The van der Waals surface area contributed by atoms with Gasteiger partial charge in [-0.25, -0.2) is 19.2 Å². The van der Waals surface area contributed by atoms with E-state index in [1.54, 1.807) is 36.4 Å². The maximum absolute atomic E-state index is 13.7. The summed E-state index contributed by atoms with van der Waals surface area (Å²) in [6.07, 6.45) is 0.512. The second-order valence-corrected chi connectivity index (χ2v) is 10.6. The Kier molecular flexibility index (Phi) is 6.70. The lowest BCUT2D eigenvalue weighted by Gasteiger charge is -2.25. The number of hydrogen-bond donors (Lipinski definition) is 4.